The van der Waals surface area contributed by atoms with Crippen LogP contribution in [0.4, 0.5) is 4.39 Å². The summed E-state index contributed by atoms with van der Waals surface area (Å²) in [6, 6.07) is 4.32. The minimum absolute atomic E-state index is 0. The number of amides is 1. The van der Waals surface area contributed by atoms with Gasteiger partial charge in [0.05, 0.1) is 0 Å². The average Bonchev–Trinajstić information content (AvgIpc) is 2.31. The van der Waals surface area contributed by atoms with Crippen molar-refractivity contribution in [3.8, 4) is 0 Å². The second-order valence-corrected chi connectivity index (χ2v) is 5.62. The van der Waals surface area contributed by atoms with Crippen LogP contribution in [-0.2, 0) is 0 Å². The first kappa shape index (κ1) is 16.4. The van der Waals surface area contributed by atoms with E-state index in [0.717, 1.165) is 19.5 Å². The fourth-order valence-corrected chi connectivity index (χ4v) is 2.58. The van der Waals surface area contributed by atoms with Crippen LogP contribution in [0.25, 0.3) is 0 Å². The summed E-state index contributed by atoms with van der Waals surface area (Å²) in [7, 11) is 0. The van der Waals surface area contributed by atoms with Crippen LogP contribution in [-0.4, -0.2) is 25.0 Å². The van der Waals surface area contributed by atoms with Gasteiger partial charge in [-0.15, -0.1) is 12.4 Å². The monoisotopic (exact) mass is 350 g/mol. The molecule has 1 aliphatic rings. The van der Waals surface area contributed by atoms with E-state index in [1.807, 2.05) is 0 Å². The molecule has 106 valence electrons. The summed E-state index contributed by atoms with van der Waals surface area (Å²) in [5, 5.41) is 6.20. The molecule has 1 amide bonds. The summed E-state index contributed by atoms with van der Waals surface area (Å²) in [6.45, 7) is 3.87. The lowest BCUT2D eigenvalue weighted by Crippen LogP contribution is -2.50. The van der Waals surface area contributed by atoms with Crippen LogP contribution in [0.3, 0.4) is 0 Å². The Morgan fingerprint density at radius 1 is 1.47 bits per heavy atom. The lowest BCUT2D eigenvalue weighted by atomic mass is 9.94. The molecule has 2 atom stereocenters. The minimum Gasteiger partial charge on any atom is -0.348 e. The lowest BCUT2D eigenvalue weighted by molar-refractivity contribution is 0.0914. The number of nitrogens with one attached hydrogen (secondary N) is 2. The van der Waals surface area contributed by atoms with Crippen LogP contribution < -0.4 is 10.6 Å². The molecular formula is C13H17BrClFN2O. The van der Waals surface area contributed by atoms with Crippen molar-refractivity contribution >= 4 is 34.2 Å². The fourth-order valence-electron chi connectivity index (χ4n) is 2.12. The van der Waals surface area contributed by atoms with Gasteiger partial charge < -0.3 is 10.6 Å². The fraction of sp³-hybridized carbons (Fsp3) is 0.462. The Kier molecular flexibility index (Phi) is 6.23. The van der Waals surface area contributed by atoms with Crippen molar-refractivity contribution in [1.29, 1.82) is 0 Å². The van der Waals surface area contributed by atoms with Crippen LogP contribution >= 0.6 is 28.3 Å². The van der Waals surface area contributed by atoms with Crippen molar-refractivity contribution in [3.63, 3.8) is 0 Å². The summed E-state index contributed by atoms with van der Waals surface area (Å²) >= 11 is 3.19. The van der Waals surface area contributed by atoms with E-state index in [4.69, 9.17) is 0 Å². The van der Waals surface area contributed by atoms with E-state index in [1.165, 1.54) is 12.1 Å². The van der Waals surface area contributed by atoms with E-state index in [2.05, 4.69) is 33.5 Å². The second kappa shape index (κ2) is 7.22. The Balaban J connectivity index is 0.00000180. The lowest BCUT2D eigenvalue weighted by Gasteiger charge is -2.30. The van der Waals surface area contributed by atoms with Gasteiger partial charge in [0.1, 0.15) is 5.82 Å². The van der Waals surface area contributed by atoms with Crippen molar-refractivity contribution in [2.75, 3.05) is 13.1 Å². The molecule has 2 unspecified atom stereocenters. The van der Waals surface area contributed by atoms with Gasteiger partial charge in [-0.2, -0.15) is 0 Å². The predicted octanol–water partition coefficient (Wildman–Crippen LogP) is 2.74. The molecule has 0 radical (unpaired) electrons. The molecule has 19 heavy (non-hydrogen) atoms. The Morgan fingerprint density at radius 2 is 2.21 bits per heavy atom. The highest BCUT2D eigenvalue weighted by atomic mass is 79.9. The van der Waals surface area contributed by atoms with Crippen molar-refractivity contribution in [3.05, 3.63) is 34.1 Å². The Bertz CT molecular complexity index is 438. The molecule has 1 aromatic carbocycles. The number of carbonyl (C=O) groups excluding carboxylic acids is 1. The van der Waals surface area contributed by atoms with Crippen LogP contribution in [0.1, 0.15) is 23.7 Å². The zero-order valence-electron chi connectivity index (χ0n) is 10.6. The van der Waals surface area contributed by atoms with Gasteiger partial charge in [0.15, 0.2) is 0 Å². The second-order valence-electron chi connectivity index (χ2n) is 4.71. The number of hydrogen-bond donors (Lipinski definition) is 2. The molecule has 1 aliphatic heterocycles. The molecule has 0 aliphatic carbocycles. The Morgan fingerprint density at radius 3 is 2.84 bits per heavy atom. The molecule has 2 N–H and O–H groups in total. The van der Waals surface area contributed by atoms with Crippen LogP contribution in [0.15, 0.2) is 22.7 Å². The summed E-state index contributed by atoms with van der Waals surface area (Å²) in [5.74, 6) is -0.202. The molecule has 1 saturated heterocycles. The van der Waals surface area contributed by atoms with E-state index in [-0.39, 0.29) is 24.4 Å². The molecule has 0 bridgehead atoms. The summed E-state index contributed by atoms with van der Waals surface area (Å²) < 4.78 is 13.8. The minimum atomic E-state index is -0.413. The van der Waals surface area contributed by atoms with Crippen molar-refractivity contribution in [2.24, 2.45) is 5.92 Å². The number of rotatable bonds is 2. The van der Waals surface area contributed by atoms with E-state index in [9.17, 15) is 9.18 Å². The Labute approximate surface area is 126 Å². The molecule has 3 nitrogen and oxygen atoms in total. The highest BCUT2D eigenvalue weighted by Crippen LogP contribution is 2.16. The van der Waals surface area contributed by atoms with Crippen molar-refractivity contribution < 1.29 is 9.18 Å². The van der Waals surface area contributed by atoms with Crippen LogP contribution in [0.5, 0.6) is 0 Å². The summed E-state index contributed by atoms with van der Waals surface area (Å²) in [6.07, 6.45) is 1.04. The van der Waals surface area contributed by atoms with Gasteiger partial charge in [-0.3, -0.25) is 4.79 Å². The molecule has 0 spiro atoms. The summed E-state index contributed by atoms with van der Waals surface area (Å²) in [5.41, 5.74) is 0.347. The van der Waals surface area contributed by atoms with Crippen LogP contribution in [0, 0.1) is 11.7 Å². The van der Waals surface area contributed by atoms with E-state index >= 15 is 0 Å². The predicted molar refractivity (Wildman–Crippen MR) is 79.3 cm³/mol. The maximum Gasteiger partial charge on any atom is 0.251 e. The number of hydrogen-bond acceptors (Lipinski definition) is 2. The third-order valence-corrected chi connectivity index (χ3v) is 3.73. The standard InChI is InChI=1S/C13H16BrFN2O.ClH/c1-8-2-3-16-7-12(8)17-13(18)9-4-10(14)6-11(15)5-9;/h4-6,8,12,16H,2-3,7H2,1H3,(H,17,18);1H. The van der Waals surface area contributed by atoms with Gasteiger partial charge in [-0.1, -0.05) is 22.9 Å². The Hall–Kier alpha value is -0.650. The quantitative estimate of drug-likeness (QED) is 0.860. The SMILES string of the molecule is CC1CCNCC1NC(=O)c1cc(F)cc(Br)c1.Cl. The van der Waals surface area contributed by atoms with E-state index in [0.29, 0.717) is 16.0 Å². The molecular weight excluding hydrogens is 335 g/mol. The van der Waals surface area contributed by atoms with Gasteiger partial charge in [-0.05, 0) is 37.1 Å². The molecule has 6 heteroatoms. The van der Waals surface area contributed by atoms with Crippen molar-refractivity contribution in [2.45, 2.75) is 19.4 Å². The zero-order chi connectivity index (χ0) is 13.1. The molecule has 1 aromatic rings. The number of halogens is 3. The zero-order valence-corrected chi connectivity index (χ0v) is 13.0. The number of carbonyl (C=O) groups is 1. The maximum atomic E-state index is 13.2. The van der Waals surface area contributed by atoms with Crippen LogP contribution in [0.2, 0.25) is 0 Å². The maximum absolute atomic E-state index is 13.2. The number of piperidine rings is 1. The van der Waals surface area contributed by atoms with Gasteiger partial charge in [0.2, 0.25) is 0 Å². The molecule has 1 fully saturated rings. The van der Waals surface area contributed by atoms with Gasteiger partial charge in [-0.25, -0.2) is 4.39 Å². The first-order chi connectivity index (χ1) is 8.56. The first-order valence-corrected chi connectivity index (χ1v) is 6.83. The van der Waals surface area contributed by atoms with Crippen molar-refractivity contribution in [1.82, 2.24) is 10.6 Å². The first-order valence-electron chi connectivity index (χ1n) is 6.04. The molecule has 2 rings (SSSR count). The molecule has 0 aromatic heterocycles. The smallest absolute Gasteiger partial charge is 0.251 e. The normalized spacial score (nSPS) is 22.5. The third-order valence-electron chi connectivity index (χ3n) is 3.27. The summed E-state index contributed by atoms with van der Waals surface area (Å²) in [4.78, 5) is 12.0. The average molecular weight is 352 g/mol. The van der Waals surface area contributed by atoms with Gasteiger partial charge in [0, 0.05) is 22.6 Å². The highest BCUT2D eigenvalue weighted by Gasteiger charge is 2.23. The topological polar surface area (TPSA) is 41.1 Å². The van der Waals surface area contributed by atoms with Gasteiger partial charge in [0.25, 0.3) is 5.91 Å². The molecule has 0 saturated carbocycles. The van der Waals surface area contributed by atoms with Gasteiger partial charge >= 0.3 is 0 Å². The molecule has 1 heterocycles. The number of benzene rings is 1. The van der Waals surface area contributed by atoms with E-state index in [1.54, 1.807) is 6.07 Å². The highest BCUT2D eigenvalue weighted by molar-refractivity contribution is 9.10. The third kappa shape index (κ3) is 4.44. The largest absolute Gasteiger partial charge is 0.348 e. The van der Waals surface area contributed by atoms with E-state index < -0.39 is 5.82 Å².